The van der Waals surface area contributed by atoms with Gasteiger partial charge in [-0.15, -0.1) is 0 Å². The lowest BCUT2D eigenvalue weighted by molar-refractivity contribution is -0.121. The second kappa shape index (κ2) is 5.82. The summed E-state index contributed by atoms with van der Waals surface area (Å²) in [5.74, 6) is 2.71. The van der Waals surface area contributed by atoms with Crippen LogP contribution in [0.25, 0.3) is 0 Å². The molecule has 2 saturated carbocycles. The maximum absolute atomic E-state index is 11.9. The van der Waals surface area contributed by atoms with Crippen LogP contribution in [-0.4, -0.2) is 18.5 Å². The highest BCUT2D eigenvalue weighted by molar-refractivity contribution is 5.76. The van der Waals surface area contributed by atoms with Crippen LogP contribution in [0.3, 0.4) is 0 Å². The Kier molecular flexibility index (Phi) is 4.54. The van der Waals surface area contributed by atoms with Crippen LogP contribution >= 0.6 is 0 Å². The number of nitrogens with two attached hydrogens (primary N) is 1. The van der Waals surface area contributed by atoms with Crippen LogP contribution in [0.1, 0.15) is 59.3 Å². The van der Waals surface area contributed by atoms with E-state index >= 15 is 0 Å². The molecule has 2 rings (SSSR count). The number of fused-ring (bicyclic) bond motifs is 2. The van der Waals surface area contributed by atoms with Crippen LogP contribution < -0.4 is 11.1 Å². The Morgan fingerprint density at radius 2 is 2.05 bits per heavy atom. The Labute approximate surface area is 117 Å². The minimum atomic E-state index is -0.0139. The lowest BCUT2D eigenvalue weighted by Crippen LogP contribution is -2.37. The second-order valence-corrected chi connectivity index (χ2v) is 7.97. The van der Waals surface area contributed by atoms with E-state index in [1.54, 1.807) is 0 Å². The fourth-order valence-corrected chi connectivity index (χ4v) is 4.04. The molecule has 0 aromatic carbocycles. The monoisotopic (exact) mass is 266 g/mol. The minimum Gasteiger partial charge on any atom is -0.356 e. The maximum atomic E-state index is 11.9. The molecule has 3 N–H and O–H groups in total. The molecule has 2 aliphatic rings. The van der Waals surface area contributed by atoms with E-state index in [4.69, 9.17) is 5.73 Å². The zero-order valence-corrected chi connectivity index (χ0v) is 12.7. The molecule has 0 spiro atoms. The van der Waals surface area contributed by atoms with E-state index in [0.29, 0.717) is 6.42 Å². The predicted molar refractivity (Wildman–Crippen MR) is 78.6 cm³/mol. The van der Waals surface area contributed by atoms with Crippen molar-refractivity contribution >= 4 is 5.91 Å². The number of carbonyl (C=O) groups is 1. The van der Waals surface area contributed by atoms with Crippen molar-refractivity contribution in [3.8, 4) is 0 Å². The summed E-state index contributed by atoms with van der Waals surface area (Å²) in [6.07, 6.45) is 6.91. The first kappa shape index (κ1) is 14.8. The van der Waals surface area contributed by atoms with Crippen molar-refractivity contribution in [3.63, 3.8) is 0 Å². The van der Waals surface area contributed by atoms with Crippen molar-refractivity contribution in [2.75, 3.05) is 6.54 Å². The summed E-state index contributed by atoms with van der Waals surface area (Å²) in [6, 6.07) is -0.0139. The molecule has 2 aliphatic carbocycles. The molecule has 0 heterocycles. The fourth-order valence-electron chi connectivity index (χ4n) is 4.04. The van der Waals surface area contributed by atoms with Crippen LogP contribution in [-0.2, 0) is 4.79 Å². The van der Waals surface area contributed by atoms with Gasteiger partial charge in [-0.1, -0.05) is 27.2 Å². The van der Waals surface area contributed by atoms with Gasteiger partial charge < -0.3 is 11.1 Å². The fraction of sp³-hybridized carbons (Fsp3) is 0.938. The molecule has 3 nitrogen and oxygen atoms in total. The minimum absolute atomic E-state index is 0.0139. The summed E-state index contributed by atoms with van der Waals surface area (Å²) in [5.41, 5.74) is 6.24. The molecule has 0 saturated heterocycles. The van der Waals surface area contributed by atoms with E-state index in [2.05, 4.69) is 26.1 Å². The van der Waals surface area contributed by atoms with E-state index in [0.717, 1.165) is 30.7 Å². The largest absolute Gasteiger partial charge is 0.356 e. The average Bonchev–Trinajstić information content (AvgIpc) is 2.84. The number of nitrogens with one attached hydrogen (secondary N) is 1. The van der Waals surface area contributed by atoms with Gasteiger partial charge in [0.15, 0.2) is 0 Å². The number of hydrogen-bond donors (Lipinski definition) is 2. The summed E-state index contributed by atoms with van der Waals surface area (Å²) < 4.78 is 0. The lowest BCUT2D eigenvalue weighted by Gasteiger charge is -2.24. The summed E-state index contributed by atoms with van der Waals surface area (Å²) >= 11 is 0. The molecule has 110 valence electrons. The summed E-state index contributed by atoms with van der Waals surface area (Å²) in [6.45, 7) is 7.38. The van der Waals surface area contributed by atoms with Crippen molar-refractivity contribution in [2.45, 2.75) is 65.3 Å². The molecule has 0 radical (unpaired) electrons. The van der Waals surface area contributed by atoms with Crippen LogP contribution in [0.2, 0.25) is 0 Å². The normalized spacial score (nSPS) is 31.5. The Morgan fingerprint density at radius 3 is 2.58 bits per heavy atom. The molecular formula is C16H30N2O. The van der Waals surface area contributed by atoms with Gasteiger partial charge in [-0.05, 0) is 48.9 Å². The van der Waals surface area contributed by atoms with Crippen LogP contribution in [0.4, 0.5) is 0 Å². The quantitative estimate of drug-likeness (QED) is 0.804. The van der Waals surface area contributed by atoms with Gasteiger partial charge >= 0.3 is 0 Å². The van der Waals surface area contributed by atoms with E-state index in [9.17, 15) is 4.79 Å². The van der Waals surface area contributed by atoms with Gasteiger partial charge in [-0.25, -0.2) is 0 Å². The maximum Gasteiger partial charge on any atom is 0.221 e. The third-order valence-corrected chi connectivity index (χ3v) is 4.77. The molecule has 2 fully saturated rings. The number of rotatable bonds is 5. The smallest absolute Gasteiger partial charge is 0.221 e. The molecule has 4 unspecified atom stereocenters. The van der Waals surface area contributed by atoms with Gasteiger partial charge in [-0.2, -0.15) is 0 Å². The molecule has 0 aromatic rings. The second-order valence-electron chi connectivity index (χ2n) is 7.97. The first-order valence-electron chi connectivity index (χ1n) is 7.86. The first-order chi connectivity index (χ1) is 8.83. The summed E-state index contributed by atoms with van der Waals surface area (Å²) in [5, 5.41) is 3.11. The lowest BCUT2D eigenvalue weighted by atomic mass is 9.87. The van der Waals surface area contributed by atoms with Crippen molar-refractivity contribution in [2.24, 2.45) is 28.9 Å². The highest BCUT2D eigenvalue weighted by Crippen LogP contribution is 2.47. The Balaban J connectivity index is 1.65. The van der Waals surface area contributed by atoms with E-state index in [1.165, 1.54) is 25.7 Å². The molecule has 2 bridgehead atoms. The summed E-state index contributed by atoms with van der Waals surface area (Å²) in [7, 11) is 0. The van der Waals surface area contributed by atoms with Crippen LogP contribution in [0.5, 0.6) is 0 Å². The number of carbonyl (C=O) groups excluding carboxylic acids is 1. The Bertz CT molecular complexity index is 321. The highest BCUT2D eigenvalue weighted by atomic mass is 16.1. The van der Waals surface area contributed by atoms with Crippen LogP contribution in [0, 0.1) is 23.2 Å². The zero-order valence-electron chi connectivity index (χ0n) is 12.7. The zero-order chi connectivity index (χ0) is 14.0. The topological polar surface area (TPSA) is 55.1 Å². The van der Waals surface area contributed by atoms with Gasteiger partial charge in [0.2, 0.25) is 5.91 Å². The van der Waals surface area contributed by atoms with Crippen molar-refractivity contribution in [1.82, 2.24) is 5.32 Å². The molecule has 3 heteroatoms. The van der Waals surface area contributed by atoms with Gasteiger partial charge in [0.25, 0.3) is 0 Å². The van der Waals surface area contributed by atoms with Gasteiger partial charge in [0.1, 0.15) is 0 Å². The standard InChI is InChI=1S/C16H30N2O/c1-16(2,3)9-14(17)8-15(19)18-10-13-7-11-4-5-12(13)6-11/h11-14H,4-10,17H2,1-3H3,(H,18,19). The molecule has 4 atom stereocenters. The Morgan fingerprint density at radius 1 is 1.32 bits per heavy atom. The predicted octanol–water partition coefficient (Wildman–Crippen LogP) is 2.69. The van der Waals surface area contributed by atoms with E-state index in [-0.39, 0.29) is 17.4 Å². The average molecular weight is 266 g/mol. The summed E-state index contributed by atoms with van der Waals surface area (Å²) in [4.78, 5) is 11.9. The molecule has 19 heavy (non-hydrogen) atoms. The van der Waals surface area contributed by atoms with E-state index < -0.39 is 0 Å². The first-order valence-corrected chi connectivity index (χ1v) is 7.86. The highest BCUT2D eigenvalue weighted by Gasteiger charge is 2.39. The molecule has 1 amide bonds. The van der Waals surface area contributed by atoms with Gasteiger partial charge in [0.05, 0.1) is 0 Å². The molecular weight excluding hydrogens is 236 g/mol. The SMILES string of the molecule is CC(C)(C)CC(N)CC(=O)NCC1CC2CCC1C2. The van der Waals surface area contributed by atoms with Crippen molar-refractivity contribution in [3.05, 3.63) is 0 Å². The molecule has 0 aliphatic heterocycles. The third-order valence-electron chi connectivity index (χ3n) is 4.77. The number of hydrogen-bond acceptors (Lipinski definition) is 2. The van der Waals surface area contributed by atoms with Crippen LogP contribution in [0.15, 0.2) is 0 Å². The number of amides is 1. The van der Waals surface area contributed by atoms with Crippen molar-refractivity contribution in [1.29, 1.82) is 0 Å². The third kappa shape index (κ3) is 4.48. The van der Waals surface area contributed by atoms with E-state index in [1.807, 2.05) is 0 Å². The molecule has 0 aromatic heterocycles. The van der Waals surface area contributed by atoms with Gasteiger partial charge in [-0.3, -0.25) is 4.79 Å². The Hall–Kier alpha value is -0.570. The van der Waals surface area contributed by atoms with Gasteiger partial charge in [0, 0.05) is 19.0 Å². The van der Waals surface area contributed by atoms with Crippen molar-refractivity contribution < 1.29 is 4.79 Å².